The molecule has 12 heteroatoms. The number of nitro groups is 1. The van der Waals surface area contributed by atoms with Gasteiger partial charge in [0.2, 0.25) is 0 Å². The fourth-order valence-corrected chi connectivity index (χ4v) is 2.62. The van der Waals surface area contributed by atoms with Crippen LogP contribution in [-0.4, -0.2) is 34.3 Å². The Balaban J connectivity index is 1.75. The summed E-state index contributed by atoms with van der Waals surface area (Å²) < 4.78 is 0. The summed E-state index contributed by atoms with van der Waals surface area (Å²) >= 11 is 0. The van der Waals surface area contributed by atoms with E-state index in [1.807, 2.05) is 0 Å². The van der Waals surface area contributed by atoms with Gasteiger partial charge in [-0.2, -0.15) is 0 Å². The van der Waals surface area contributed by atoms with Crippen molar-refractivity contribution in [1.29, 1.82) is 0 Å². The summed E-state index contributed by atoms with van der Waals surface area (Å²) in [6.45, 7) is 0.297. The Labute approximate surface area is 159 Å². The van der Waals surface area contributed by atoms with Crippen LogP contribution in [0.1, 0.15) is 38.5 Å². The van der Waals surface area contributed by atoms with Gasteiger partial charge in [-0.05, 0) is 24.1 Å². The molecule has 12 nitrogen and oxygen atoms in total. The maximum atomic E-state index is 11.7. The third-order valence-electron chi connectivity index (χ3n) is 3.97. The molecule has 0 saturated carbocycles. The van der Waals surface area contributed by atoms with Crippen molar-refractivity contribution in [1.82, 2.24) is 5.06 Å². The molecule has 1 aliphatic rings. The van der Waals surface area contributed by atoms with E-state index in [1.165, 1.54) is 6.07 Å². The molecule has 1 aliphatic heterocycles. The van der Waals surface area contributed by atoms with E-state index in [4.69, 9.17) is 10.6 Å². The standard InChI is InChI=1S/C16H19N5O7/c17-10-8-11(19-25)16(12(9-10)21(26)27)18-7-3-1-2-4-15(24)28-20-13(22)5-6-14(20)23/h8-9,18H,1-7,17H2. The normalized spacial score (nSPS) is 13.5. The Morgan fingerprint density at radius 2 is 1.93 bits per heavy atom. The topological polar surface area (TPSA) is 174 Å². The van der Waals surface area contributed by atoms with E-state index in [0.29, 0.717) is 30.9 Å². The van der Waals surface area contributed by atoms with Gasteiger partial charge < -0.3 is 15.9 Å². The number of nitrogens with two attached hydrogens (primary N) is 1. The molecule has 1 fully saturated rings. The minimum atomic E-state index is -0.682. The van der Waals surface area contributed by atoms with E-state index in [2.05, 4.69) is 10.5 Å². The fraction of sp³-hybridized carbons (Fsp3) is 0.438. The number of amides is 2. The molecule has 28 heavy (non-hydrogen) atoms. The maximum Gasteiger partial charge on any atom is 0.333 e. The molecule has 0 unspecified atom stereocenters. The fourth-order valence-electron chi connectivity index (χ4n) is 2.62. The Hall–Kier alpha value is -3.57. The molecule has 1 heterocycles. The molecule has 2 rings (SSSR count). The number of hydrogen-bond donors (Lipinski definition) is 2. The molecule has 3 N–H and O–H groups in total. The molecule has 1 aromatic rings. The van der Waals surface area contributed by atoms with E-state index in [1.54, 1.807) is 0 Å². The van der Waals surface area contributed by atoms with Crippen LogP contribution in [0, 0.1) is 15.0 Å². The van der Waals surface area contributed by atoms with Crippen LogP contribution in [0.5, 0.6) is 0 Å². The second-order valence-corrected chi connectivity index (χ2v) is 6.07. The van der Waals surface area contributed by atoms with Crippen LogP contribution in [0.15, 0.2) is 17.3 Å². The van der Waals surface area contributed by atoms with Gasteiger partial charge in [-0.3, -0.25) is 19.7 Å². The average molecular weight is 393 g/mol. The van der Waals surface area contributed by atoms with Crippen LogP contribution in [0.3, 0.4) is 0 Å². The number of anilines is 2. The Kier molecular flexibility index (Phi) is 6.96. The van der Waals surface area contributed by atoms with Crippen LogP contribution in [0.2, 0.25) is 0 Å². The third-order valence-corrected chi connectivity index (χ3v) is 3.97. The van der Waals surface area contributed by atoms with Crippen molar-refractivity contribution in [2.24, 2.45) is 5.18 Å². The molecule has 0 atom stereocenters. The number of unbranched alkanes of at least 4 members (excludes halogenated alkanes) is 2. The maximum absolute atomic E-state index is 11.7. The summed E-state index contributed by atoms with van der Waals surface area (Å²) in [6, 6.07) is 2.37. The van der Waals surface area contributed by atoms with E-state index in [9.17, 15) is 29.4 Å². The van der Waals surface area contributed by atoms with Crippen molar-refractivity contribution in [3.63, 3.8) is 0 Å². The number of imide groups is 1. The summed E-state index contributed by atoms with van der Waals surface area (Å²) in [6.07, 6.45) is 1.62. The zero-order chi connectivity index (χ0) is 20.7. The van der Waals surface area contributed by atoms with E-state index >= 15 is 0 Å². The summed E-state index contributed by atoms with van der Waals surface area (Å²) in [5.41, 5.74) is 5.06. The van der Waals surface area contributed by atoms with Crippen molar-refractivity contribution in [2.75, 3.05) is 17.6 Å². The quantitative estimate of drug-likeness (QED) is 0.151. The number of rotatable bonds is 10. The highest BCUT2D eigenvalue weighted by Crippen LogP contribution is 2.37. The summed E-state index contributed by atoms with van der Waals surface area (Å²) in [5.74, 6) is -1.75. The first-order valence-electron chi connectivity index (χ1n) is 8.55. The monoisotopic (exact) mass is 393 g/mol. The van der Waals surface area contributed by atoms with Gasteiger partial charge in [-0.1, -0.05) is 6.42 Å². The predicted octanol–water partition coefficient (Wildman–Crippen LogP) is 2.15. The molecule has 1 saturated heterocycles. The third kappa shape index (κ3) is 5.22. The number of nitrogens with zero attached hydrogens (tertiary/aromatic N) is 3. The highest BCUT2D eigenvalue weighted by atomic mass is 16.7. The first-order chi connectivity index (χ1) is 13.3. The van der Waals surface area contributed by atoms with Crippen LogP contribution in [0.25, 0.3) is 0 Å². The van der Waals surface area contributed by atoms with Gasteiger partial charge in [0.25, 0.3) is 17.5 Å². The molecule has 150 valence electrons. The lowest BCUT2D eigenvalue weighted by Gasteiger charge is -2.12. The molecule has 1 aromatic carbocycles. The number of nitrogens with one attached hydrogen (secondary N) is 1. The van der Waals surface area contributed by atoms with Gasteiger partial charge in [0.05, 0.1) is 4.92 Å². The van der Waals surface area contributed by atoms with Crippen molar-refractivity contribution in [3.05, 3.63) is 27.2 Å². The molecule has 2 amide bonds. The van der Waals surface area contributed by atoms with Crippen molar-refractivity contribution in [2.45, 2.75) is 38.5 Å². The number of benzene rings is 1. The molecule has 0 aromatic heterocycles. The van der Waals surface area contributed by atoms with Crippen molar-refractivity contribution < 1.29 is 24.1 Å². The van der Waals surface area contributed by atoms with Crippen LogP contribution in [0.4, 0.5) is 22.7 Å². The summed E-state index contributed by atoms with van der Waals surface area (Å²) in [5, 5.41) is 17.2. The molecule has 0 spiro atoms. The molecular weight excluding hydrogens is 374 g/mol. The van der Waals surface area contributed by atoms with E-state index in [-0.39, 0.29) is 42.0 Å². The number of carbonyl (C=O) groups excluding carboxylic acids is 3. The van der Waals surface area contributed by atoms with Crippen molar-refractivity contribution in [3.8, 4) is 0 Å². The van der Waals surface area contributed by atoms with E-state index < -0.39 is 22.7 Å². The lowest BCUT2D eigenvalue weighted by Crippen LogP contribution is -2.31. The van der Waals surface area contributed by atoms with Gasteiger partial charge >= 0.3 is 5.97 Å². The largest absolute Gasteiger partial charge is 0.398 e. The molecule has 0 radical (unpaired) electrons. The second kappa shape index (κ2) is 9.39. The van der Waals surface area contributed by atoms with Gasteiger partial charge in [0.15, 0.2) is 0 Å². The Bertz CT molecular complexity index is 795. The SMILES string of the molecule is Nc1cc(N=O)c(NCCCCCC(=O)ON2C(=O)CCC2=O)c([N+](=O)[O-])c1. The summed E-state index contributed by atoms with van der Waals surface area (Å²) in [7, 11) is 0. The van der Waals surface area contributed by atoms with E-state index in [0.717, 1.165) is 6.07 Å². The number of hydroxylamine groups is 2. The van der Waals surface area contributed by atoms with Gasteiger partial charge in [-0.15, -0.1) is 9.97 Å². The van der Waals surface area contributed by atoms with Crippen LogP contribution >= 0.6 is 0 Å². The second-order valence-electron chi connectivity index (χ2n) is 6.07. The zero-order valence-corrected chi connectivity index (χ0v) is 14.9. The number of nitroso groups, excluding NO2 is 1. The number of carbonyl (C=O) groups is 3. The minimum absolute atomic E-state index is 0.0141. The molecule has 0 bridgehead atoms. The first-order valence-corrected chi connectivity index (χ1v) is 8.55. The number of nitrogen functional groups attached to an aromatic ring is 1. The van der Waals surface area contributed by atoms with Crippen LogP contribution in [-0.2, 0) is 19.2 Å². The zero-order valence-electron chi connectivity index (χ0n) is 14.9. The Morgan fingerprint density at radius 1 is 1.25 bits per heavy atom. The summed E-state index contributed by atoms with van der Waals surface area (Å²) in [4.78, 5) is 60.4. The van der Waals surface area contributed by atoms with Gasteiger partial charge in [-0.25, -0.2) is 4.79 Å². The van der Waals surface area contributed by atoms with Gasteiger partial charge in [0.1, 0.15) is 11.4 Å². The number of nitro benzene ring substituents is 1. The minimum Gasteiger partial charge on any atom is -0.398 e. The highest BCUT2D eigenvalue weighted by Gasteiger charge is 2.32. The molecular formula is C16H19N5O7. The first kappa shape index (κ1) is 20.7. The average Bonchev–Trinajstić information content (AvgIpc) is 2.96. The van der Waals surface area contributed by atoms with Crippen molar-refractivity contribution >= 4 is 40.5 Å². The highest BCUT2D eigenvalue weighted by molar-refractivity contribution is 6.01. The smallest absolute Gasteiger partial charge is 0.333 e. The van der Waals surface area contributed by atoms with Crippen LogP contribution < -0.4 is 11.1 Å². The van der Waals surface area contributed by atoms with Gasteiger partial charge in [0, 0.05) is 37.6 Å². The lowest BCUT2D eigenvalue weighted by atomic mass is 10.1. The molecule has 0 aliphatic carbocycles. The predicted molar refractivity (Wildman–Crippen MR) is 97.1 cm³/mol. The number of hydrogen-bond acceptors (Lipinski definition) is 10. The Morgan fingerprint density at radius 3 is 2.54 bits per heavy atom. The lowest BCUT2D eigenvalue weighted by molar-refractivity contribution is -0.383.